The summed E-state index contributed by atoms with van der Waals surface area (Å²) in [5.41, 5.74) is 1.32. The van der Waals surface area contributed by atoms with E-state index in [2.05, 4.69) is 15.6 Å². The second kappa shape index (κ2) is 7.85. The zero-order chi connectivity index (χ0) is 17.8. The van der Waals surface area contributed by atoms with Crippen LogP contribution in [0.25, 0.3) is 0 Å². The van der Waals surface area contributed by atoms with Crippen LogP contribution >= 0.6 is 0 Å². The molecule has 3 rings (SSSR count). The number of carbonyl (C=O) groups is 2. The highest BCUT2D eigenvalue weighted by molar-refractivity contribution is 5.93. The number of likely N-dealkylation sites (tertiary alicyclic amines) is 1. The Morgan fingerprint density at radius 3 is 2.84 bits per heavy atom. The summed E-state index contributed by atoms with van der Waals surface area (Å²) in [6.45, 7) is 6.41. The maximum absolute atomic E-state index is 12.2. The van der Waals surface area contributed by atoms with E-state index in [4.69, 9.17) is 0 Å². The maximum Gasteiger partial charge on any atom is 0.270 e. The molecule has 0 bridgehead atoms. The van der Waals surface area contributed by atoms with Crippen LogP contribution in [0, 0.1) is 11.8 Å². The molecule has 2 fully saturated rings. The molecular formula is C19H28N4O2. The number of aromatic nitrogens is 1. The molecule has 6 nitrogen and oxygen atoms in total. The summed E-state index contributed by atoms with van der Waals surface area (Å²) in [7, 11) is 0. The van der Waals surface area contributed by atoms with E-state index in [9.17, 15) is 9.59 Å². The zero-order valence-corrected chi connectivity index (χ0v) is 15.1. The minimum absolute atomic E-state index is 0.0862. The monoisotopic (exact) mass is 344 g/mol. The van der Waals surface area contributed by atoms with Crippen LogP contribution in [-0.4, -0.2) is 47.4 Å². The number of piperidine rings is 1. The van der Waals surface area contributed by atoms with E-state index in [0.717, 1.165) is 51.0 Å². The number of rotatable bonds is 6. The van der Waals surface area contributed by atoms with Gasteiger partial charge in [-0.3, -0.25) is 14.6 Å². The fourth-order valence-electron chi connectivity index (χ4n) is 3.28. The number of hydrogen-bond donors (Lipinski definition) is 2. The number of pyridine rings is 1. The lowest BCUT2D eigenvalue weighted by Gasteiger charge is -2.33. The third-order valence-corrected chi connectivity index (χ3v) is 4.76. The summed E-state index contributed by atoms with van der Waals surface area (Å²) >= 11 is 0. The van der Waals surface area contributed by atoms with Crippen LogP contribution < -0.4 is 10.6 Å². The van der Waals surface area contributed by atoms with Gasteiger partial charge in [-0.15, -0.1) is 0 Å². The summed E-state index contributed by atoms with van der Waals surface area (Å²) in [4.78, 5) is 30.5. The van der Waals surface area contributed by atoms with Gasteiger partial charge in [-0.2, -0.15) is 0 Å². The largest absolute Gasteiger partial charge is 0.385 e. The van der Waals surface area contributed by atoms with E-state index in [0.29, 0.717) is 23.4 Å². The Balaban J connectivity index is 1.52. The molecule has 1 aliphatic carbocycles. The van der Waals surface area contributed by atoms with Crippen molar-refractivity contribution in [3.05, 3.63) is 24.0 Å². The van der Waals surface area contributed by atoms with Gasteiger partial charge in [0, 0.05) is 43.5 Å². The molecule has 2 aliphatic rings. The van der Waals surface area contributed by atoms with Crippen LogP contribution in [0.1, 0.15) is 50.0 Å². The van der Waals surface area contributed by atoms with Gasteiger partial charge in [0.05, 0.1) is 0 Å². The average molecular weight is 344 g/mol. The highest BCUT2D eigenvalue weighted by atomic mass is 16.2. The number of amides is 2. The van der Waals surface area contributed by atoms with Crippen molar-refractivity contribution in [2.75, 3.05) is 25.0 Å². The van der Waals surface area contributed by atoms with Gasteiger partial charge in [0.2, 0.25) is 5.91 Å². The molecule has 1 aromatic rings. The topological polar surface area (TPSA) is 74.3 Å². The molecule has 25 heavy (non-hydrogen) atoms. The average Bonchev–Trinajstić information content (AvgIpc) is 3.44. The molecule has 1 aromatic heterocycles. The number of nitrogens with one attached hydrogen (secondary N) is 2. The Labute approximate surface area is 149 Å². The summed E-state index contributed by atoms with van der Waals surface area (Å²) in [5.74, 6) is 0.949. The second-order valence-corrected chi connectivity index (χ2v) is 7.51. The molecule has 1 aliphatic heterocycles. The molecule has 6 heteroatoms. The normalized spacial score (nSPS) is 20.4. The van der Waals surface area contributed by atoms with E-state index < -0.39 is 0 Å². The van der Waals surface area contributed by atoms with Gasteiger partial charge in [-0.1, -0.05) is 0 Å². The molecule has 136 valence electrons. The van der Waals surface area contributed by atoms with Crippen molar-refractivity contribution in [2.45, 2.75) is 45.6 Å². The first-order valence-electron chi connectivity index (χ1n) is 9.32. The highest BCUT2D eigenvalue weighted by Gasteiger charge is 2.35. The molecule has 2 heterocycles. The van der Waals surface area contributed by atoms with Crippen molar-refractivity contribution in [2.24, 2.45) is 11.8 Å². The summed E-state index contributed by atoms with van der Waals surface area (Å²) in [6, 6.07) is 3.75. The predicted molar refractivity (Wildman–Crippen MR) is 97.4 cm³/mol. The van der Waals surface area contributed by atoms with Gasteiger partial charge in [0.15, 0.2) is 0 Å². The van der Waals surface area contributed by atoms with Crippen molar-refractivity contribution in [3.8, 4) is 0 Å². The van der Waals surface area contributed by atoms with Crippen molar-refractivity contribution < 1.29 is 9.59 Å². The lowest BCUT2D eigenvalue weighted by atomic mass is 9.97. The highest BCUT2D eigenvalue weighted by Crippen LogP contribution is 2.32. The van der Waals surface area contributed by atoms with Crippen LogP contribution in [0.15, 0.2) is 18.3 Å². The Kier molecular flexibility index (Phi) is 5.56. The number of anilines is 1. The van der Waals surface area contributed by atoms with Gasteiger partial charge in [-0.05, 0) is 57.6 Å². The third kappa shape index (κ3) is 4.94. The van der Waals surface area contributed by atoms with Crippen molar-refractivity contribution >= 4 is 17.5 Å². The van der Waals surface area contributed by atoms with E-state index >= 15 is 0 Å². The summed E-state index contributed by atoms with van der Waals surface area (Å²) in [6.07, 6.45) is 5.99. The Morgan fingerprint density at radius 2 is 2.12 bits per heavy atom. The quantitative estimate of drug-likeness (QED) is 0.830. The number of hydrogen-bond acceptors (Lipinski definition) is 4. The van der Waals surface area contributed by atoms with Crippen LogP contribution in [0.3, 0.4) is 0 Å². The van der Waals surface area contributed by atoms with Crippen LogP contribution in [0.5, 0.6) is 0 Å². The second-order valence-electron chi connectivity index (χ2n) is 7.51. The lowest BCUT2D eigenvalue weighted by molar-refractivity contribution is -0.134. The van der Waals surface area contributed by atoms with Gasteiger partial charge in [0.1, 0.15) is 5.69 Å². The first-order chi connectivity index (χ1) is 12.0. The zero-order valence-electron chi connectivity index (χ0n) is 15.1. The SMILES string of the molecule is CC(C)NC(=O)c1cc(NC[C@H]2CCCN(C(=O)C3CC3)C2)ccn1. The molecule has 2 amide bonds. The lowest BCUT2D eigenvalue weighted by Crippen LogP contribution is -2.42. The molecule has 0 unspecified atom stereocenters. The minimum Gasteiger partial charge on any atom is -0.385 e. The first kappa shape index (κ1) is 17.7. The Morgan fingerprint density at radius 1 is 1.32 bits per heavy atom. The van der Waals surface area contributed by atoms with E-state index in [1.807, 2.05) is 24.8 Å². The predicted octanol–water partition coefficient (Wildman–Crippen LogP) is 2.28. The molecular weight excluding hydrogens is 316 g/mol. The standard InChI is InChI=1S/C19H28N4O2/c1-13(2)22-18(24)17-10-16(7-8-20-17)21-11-14-4-3-9-23(12-14)19(25)15-5-6-15/h7-8,10,13-15H,3-6,9,11-12H2,1-2H3,(H,20,21)(H,22,24)/t14-/m1/s1. The van der Waals surface area contributed by atoms with Crippen LogP contribution in [-0.2, 0) is 4.79 Å². The number of nitrogens with zero attached hydrogens (tertiary/aromatic N) is 2. The van der Waals surface area contributed by atoms with Crippen molar-refractivity contribution in [1.82, 2.24) is 15.2 Å². The maximum atomic E-state index is 12.2. The number of carbonyl (C=O) groups excluding carboxylic acids is 2. The van der Waals surface area contributed by atoms with Gasteiger partial charge in [0.25, 0.3) is 5.91 Å². The van der Waals surface area contributed by atoms with E-state index in [1.54, 1.807) is 12.3 Å². The molecule has 1 atom stereocenters. The smallest absolute Gasteiger partial charge is 0.270 e. The van der Waals surface area contributed by atoms with Crippen LogP contribution in [0.4, 0.5) is 5.69 Å². The Bertz CT molecular complexity index is 628. The minimum atomic E-state index is -0.155. The molecule has 2 N–H and O–H groups in total. The van der Waals surface area contributed by atoms with E-state index in [1.165, 1.54) is 0 Å². The molecule has 0 aromatic carbocycles. The first-order valence-corrected chi connectivity index (χ1v) is 9.32. The molecule has 0 radical (unpaired) electrons. The van der Waals surface area contributed by atoms with Gasteiger partial charge >= 0.3 is 0 Å². The van der Waals surface area contributed by atoms with Gasteiger partial charge < -0.3 is 15.5 Å². The summed E-state index contributed by atoms with van der Waals surface area (Å²) in [5, 5.41) is 6.26. The molecule has 1 saturated heterocycles. The van der Waals surface area contributed by atoms with Crippen LogP contribution in [0.2, 0.25) is 0 Å². The van der Waals surface area contributed by atoms with E-state index in [-0.39, 0.29) is 11.9 Å². The van der Waals surface area contributed by atoms with Crippen molar-refractivity contribution in [1.29, 1.82) is 0 Å². The van der Waals surface area contributed by atoms with Crippen molar-refractivity contribution in [3.63, 3.8) is 0 Å². The molecule has 0 spiro atoms. The fourth-order valence-corrected chi connectivity index (χ4v) is 3.28. The summed E-state index contributed by atoms with van der Waals surface area (Å²) < 4.78 is 0. The molecule has 1 saturated carbocycles. The Hall–Kier alpha value is -2.11. The van der Waals surface area contributed by atoms with Gasteiger partial charge in [-0.25, -0.2) is 0 Å². The third-order valence-electron chi connectivity index (χ3n) is 4.76. The fraction of sp³-hybridized carbons (Fsp3) is 0.632.